The molecule has 0 fully saturated rings. The van der Waals surface area contributed by atoms with Gasteiger partial charge < -0.3 is 4.74 Å². The Bertz CT molecular complexity index is 391. The fraction of sp³-hybridized carbons (Fsp3) is 0.500. The van der Waals surface area contributed by atoms with Crippen molar-refractivity contribution in [2.75, 3.05) is 14.2 Å². The van der Waals surface area contributed by atoms with Gasteiger partial charge in [-0.1, -0.05) is 19.1 Å². The summed E-state index contributed by atoms with van der Waals surface area (Å²) >= 11 is 0. The standard InChI is InChI=1S/C14H20FNO2/c1-10(14(17)18-4)11(2)16(3)9-12-5-7-13(15)8-6-12/h5-8,10-11H,9H2,1-4H3. The summed E-state index contributed by atoms with van der Waals surface area (Å²) in [5, 5.41) is 0. The molecule has 0 aliphatic rings. The summed E-state index contributed by atoms with van der Waals surface area (Å²) in [6, 6.07) is 6.44. The number of ether oxygens (including phenoxy) is 1. The summed E-state index contributed by atoms with van der Waals surface area (Å²) in [5.41, 5.74) is 1.02. The molecular weight excluding hydrogens is 233 g/mol. The van der Waals surface area contributed by atoms with Gasteiger partial charge in [-0.3, -0.25) is 9.69 Å². The average Bonchev–Trinajstić information content (AvgIpc) is 2.38. The van der Waals surface area contributed by atoms with Crippen molar-refractivity contribution in [1.29, 1.82) is 0 Å². The van der Waals surface area contributed by atoms with E-state index >= 15 is 0 Å². The van der Waals surface area contributed by atoms with Crippen molar-refractivity contribution in [2.45, 2.75) is 26.4 Å². The topological polar surface area (TPSA) is 29.5 Å². The van der Waals surface area contributed by atoms with E-state index in [1.807, 2.05) is 20.9 Å². The van der Waals surface area contributed by atoms with Crippen LogP contribution < -0.4 is 0 Å². The first-order valence-electron chi connectivity index (χ1n) is 5.98. The summed E-state index contributed by atoms with van der Waals surface area (Å²) in [6.45, 7) is 4.49. The molecule has 4 heteroatoms. The number of halogens is 1. The van der Waals surface area contributed by atoms with E-state index in [4.69, 9.17) is 4.74 Å². The van der Waals surface area contributed by atoms with Gasteiger partial charge in [-0.2, -0.15) is 0 Å². The summed E-state index contributed by atoms with van der Waals surface area (Å²) < 4.78 is 17.5. The Morgan fingerprint density at radius 1 is 1.33 bits per heavy atom. The first kappa shape index (κ1) is 14.6. The molecular formula is C14H20FNO2. The molecule has 18 heavy (non-hydrogen) atoms. The maximum atomic E-state index is 12.8. The molecule has 0 spiro atoms. The lowest BCUT2D eigenvalue weighted by molar-refractivity contribution is -0.146. The van der Waals surface area contributed by atoms with Crippen LogP contribution in [0.5, 0.6) is 0 Å². The molecule has 1 aromatic carbocycles. The number of esters is 1. The highest BCUT2D eigenvalue weighted by Crippen LogP contribution is 2.14. The third kappa shape index (κ3) is 3.81. The Kier molecular flexibility index (Phi) is 5.28. The SMILES string of the molecule is COC(=O)C(C)C(C)N(C)Cc1ccc(F)cc1. The van der Waals surface area contributed by atoms with E-state index in [1.54, 1.807) is 12.1 Å². The average molecular weight is 253 g/mol. The normalized spacial score (nSPS) is 14.3. The van der Waals surface area contributed by atoms with Gasteiger partial charge in [0.1, 0.15) is 5.82 Å². The van der Waals surface area contributed by atoms with Gasteiger partial charge in [-0.25, -0.2) is 4.39 Å². The molecule has 0 aromatic heterocycles. The van der Waals surface area contributed by atoms with Crippen molar-refractivity contribution >= 4 is 5.97 Å². The molecule has 1 aromatic rings. The second-order valence-electron chi connectivity index (χ2n) is 4.59. The molecule has 0 heterocycles. The lowest BCUT2D eigenvalue weighted by atomic mass is 10.0. The second kappa shape index (κ2) is 6.50. The lowest BCUT2D eigenvalue weighted by Crippen LogP contribution is -2.37. The van der Waals surface area contributed by atoms with Gasteiger partial charge in [0.25, 0.3) is 0 Å². The number of carbonyl (C=O) groups is 1. The maximum absolute atomic E-state index is 12.8. The van der Waals surface area contributed by atoms with Crippen LogP contribution in [0.1, 0.15) is 19.4 Å². The predicted molar refractivity (Wildman–Crippen MR) is 68.5 cm³/mol. The number of nitrogens with zero attached hydrogens (tertiary/aromatic N) is 1. The van der Waals surface area contributed by atoms with Gasteiger partial charge >= 0.3 is 5.97 Å². The lowest BCUT2D eigenvalue weighted by Gasteiger charge is -2.28. The van der Waals surface area contributed by atoms with Crippen LogP contribution in [0.15, 0.2) is 24.3 Å². The summed E-state index contributed by atoms with van der Waals surface area (Å²) in [7, 11) is 3.33. The highest BCUT2D eigenvalue weighted by molar-refractivity contribution is 5.72. The third-order valence-electron chi connectivity index (χ3n) is 3.34. The molecule has 2 unspecified atom stereocenters. The van der Waals surface area contributed by atoms with Crippen molar-refractivity contribution in [1.82, 2.24) is 4.90 Å². The van der Waals surface area contributed by atoms with Crippen molar-refractivity contribution < 1.29 is 13.9 Å². The Hall–Kier alpha value is -1.42. The molecule has 1 rings (SSSR count). The highest BCUT2D eigenvalue weighted by Gasteiger charge is 2.24. The first-order chi connectivity index (χ1) is 8.45. The first-order valence-corrected chi connectivity index (χ1v) is 5.98. The summed E-state index contributed by atoms with van der Waals surface area (Å²) in [4.78, 5) is 13.5. The molecule has 0 N–H and O–H groups in total. The Balaban J connectivity index is 2.61. The largest absolute Gasteiger partial charge is 0.469 e. The van der Waals surface area contributed by atoms with Crippen LogP contribution in [0, 0.1) is 11.7 Å². The summed E-state index contributed by atoms with van der Waals surface area (Å²) in [5.74, 6) is -0.647. The molecule has 0 aliphatic heterocycles. The summed E-state index contributed by atoms with van der Waals surface area (Å²) in [6.07, 6.45) is 0. The van der Waals surface area contributed by atoms with Gasteiger partial charge in [0, 0.05) is 12.6 Å². The molecule has 3 nitrogen and oxygen atoms in total. The van der Waals surface area contributed by atoms with Crippen molar-refractivity contribution in [3.05, 3.63) is 35.6 Å². The minimum atomic E-state index is -0.239. The van der Waals surface area contributed by atoms with Crippen LogP contribution in [0.3, 0.4) is 0 Å². The van der Waals surface area contributed by atoms with Gasteiger partial charge in [0.05, 0.1) is 13.0 Å². The van der Waals surface area contributed by atoms with Gasteiger partial charge in [0.15, 0.2) is 0 Å². The zero-order valence-corrected chi connectivity index (χ0v) is 11.3. The van der Waals surface area contributed by atoms with Gasteiger partial charge in [-0.05, 0) is 31.7 Å². The molecule has 0 amide bonds. The molecule has 0 saturated carbocycles. The molecule has 0 radical (unpaired) electrons. The van der Waals surface area contributed by atoms with E-state index in [0.29, 0.717) is 6.54 Å². The fourth-order valence-corrected chi connectivity index (χ4v) is 1.79. The van der Waals surface area contributed by atoms with Gasteiger partial charge in [0.2, 0.25) is 0 Å². The van der Waals surface area contributed by atoms with Crippen LogP contribution in [0.4, 0.5) is 4.39 Å². The van der Waals surface area contributed by atoms with E-state index in [-0.39, 0.29) is 23.7 Å². The molecule has 0 aliphatic carbocycles. The van der Waals surface area contributed by atoms with Crippen LogP contribution in [-0.2, 0) is 16.1 Å². The van der Waals surface area contributed by atoms with E-state index in [2.05, 4.69) is 4.90 Å². The Morgan fingerprint density at radius 2 is 1.89 bits per heavy atom. The van der Waals surface area contributed by atoms with E-state index in [0.717, 1.165) is 5.56 Å². The van der Waals surface area contributed by atoms with E-state index < -0.39 is 0 Å². The number of carbonyl (C=O) groups excluding carboxylic acids is 1. The minimum absolute atomic E-state index is 0.0579. The zero-order valence-electron chi connectivity index (χ0n) is 11.3. The zero-order chi connectivity index (χ0) is 13.7. The van der Waals surface area contributed by atoms with Crippen molar-refractivity contribution in [2.24, 2.45) is 5.92 Å². The second-order valence-corrected chi connectivity index (χ2v) is 4.59. The van der Waals surface area contributed by atoms with Gasteiger partial charge in [-0.15, -0.1) is 0 Å². The highest BCUT2D eigenvalue weighted by atomic mass is 19.1. The maximum Gasteiger partial charge on any atom is 0.309 e. The van der Waals surface area contributed by atoms with E-state index in [1.165, 1.54) is 19.2 Å². The number of rotatable bonds is 5. The number of methoxy groups -OCH3 is 1. The molecule has 0 saturated heterocycles. The Morgan fingerprint density at radius 3 is 2.39 bits per heavy atom. The molecule has 0 bridgehead atoms. The van der Waals surface area contributed by atoms with Crippen LogP contribution >= 0.6 is 0 Å². The number of hydrogen-bond acceptors (Lipinski definition) is 3. The van der Waals surface area contributed by atoms with Crippen LogP contribution in [-0.4, -0.2) is 31.1 Å². The predicted octanol–water partition coefficient (Wildman–Crippen LogP) is 2.46. The minimum Gasteiger partial charge on any atom is -0.469 e. The quantitative estimate of drug-likeness (QED) is 0.755. The van der Waals surface area contributed by atoms with Crippen molar-refractivity contribution in [3.63, 3.8) is 0 Å². The number of hydrogen-bond donors (Lipinski definition) is 0. The Labute approximate surface area is 108 Å². The van der Waals surface area contributed by atoms with Crippen molar-refractivity contribution in [3.8, 4) is 0 Å². The third-order valence-corrected chi connectivity index (χ3v) is 3.34. The molecule has 2 atom stereocenters. The molecule has 100 valence electrons. The smallest absolute Gasteiger partial charge is 0.309 e. The number of benzene rings is 1. The van der Waals surface area contributed by atoms with Crippen LogP contribution in [0.25, 0.3) is 0 Å². The van der Waals surface area contributed by atoms with Crippen LogP contribution in [0.2, 0.25) is 0 Å². The fourth-order valence-electron chi connectivity index (χ4n) is 1.79. The van der Waals surface area contributed by atoms with E-state index in [9.17, 15) is 9.18 Å². The monoisotopic (exact) mass is 253 g/mol.